The fourth-order valence-electron chi connectivity index (χ4n) is 2.44. The Balaban J connectivity index is 1.97. The molecule has 0 saturated heterocycles. The molecule has 1 aliphatic heterocycles. The molecule has 1 aromatic carbocycles. The Bertz CT molecular complexity index is 396. The molecule has 0 saturated carbocycles. The highest BCUT2D eigenvalue weighted by Gasteiger charge is 2.15. The first-order valence-corrected chi connectivity index (χ1v) is 7.13. The summed E-state index contributed by atoms with van der Waals surface area (Å²) in [4.78, 5) is 0. The molecule has 1 aliphatic rings. The van der Waals surface area contributed by atoms with Crippen molar-refractivity contribution in [3.05, 3.63) is 34.9 Å². The van der Waals surface area contributed by atoms with Gasteiger partial charge in [-0.15, -0.1) is 0 Å². The first kappa shape index (κ1) is 13.6. The second-order valence-electron chi connectivity index (χ2n) is 6.10. The molecule has 0 spiro atoms. The molecule has 2 rings (SSSR count). The standard InChI is InChI=1S/C16H26N2/c1-4-16(2,3)12-18-11-14-7-5-6-13-10-17-9-8-15(13)14/h5-7,17-18H,4,8-12H2,1-3H3. The van der Waals surface area contributed by atoms with Crippen molar-refractivity contribution in [1.82, 2.24) is 10.6 Å². The molecule has 0 bridgehead atoms. The Kier molecular flexibility index (Phi) is 4.41. The van der Waals surface area contributed by atoms with E-state index in [0.29, 0.717) is 5.41 Å². The highest BCUT2D eigenvalue weighted by Crippen LogP contribution is 2.20. The molecule has 0 aromatic heterocycles. The molecule has 0 amide bonds. The van der Waals surface area contributed by atoms with Crippen LogP contribution in [0.5, 0.6) is 0 Å². The molecule has 100 valence electrons. The average Bonchev–Trinajstić information content (AvgIpc) is 2.39. The zero-order valence-electron chi connectivity index (χ0n) is 12.0. The first-order chi connectivity index (χ1) is 8.62. The lowest BCUT2D eigenvalue weighted by Crippen LogP contribution is -2.30. The lowest BCUT2D eigenvalue weighted by molar-refractivity contribution is 0.327. The Labute approximate surface area is 111 Å². The minimum Gasteiger partial charge on any atom is -0.312 e. The van der Waals surface area contributed by atoms with Gasteiger partial charge in [-0.05, 0) is 41.5 Å². The van der Waals surface area contributed by atoms with E-state index in [0.717, 1.165) is 26.2 Å². The molecule has 2 N–H and O–H groups in total. The van der Waals surface area contributed by atoms with Gasteiger partial charge in [0.25, 0.3) is 0 Å². The Morgan fingerprint density at radius 3 is 2.94 bits per heavy atom. The van der Waals surface area contributed by atoms with E-state index in [-0.39, 0.29) is 0 Å². The van der Waals surface area contributed by atoms with Crippen LogP contribution in [0.2, 0.25) is 0 Å². The van der Waals surface area contributed by atoms with Crippen LogP contribution >= 0.6 is 0 Å². The van der Waals surface area contributed by atoms with Crippen LogP contribution in [-0.4, -0.2) is 13.1 Å². The molecule has 0 fully saturated rings. The van der Waals surface area contributed by atoms with Crippen LogP contribution in [0.3, 0.4) is 0 Å². The summed E-state index contributed by atoms with van der Waals surface area (Å²) in [6.45, 7) is 11.2. The van der Waals surface area contributed by atoms with Gasteiger partial charge in [-0.1, -0.05) is 39.0 Å². The normalized spacial score (nSPS) is 15.5. The predicted molar refractivity (Wildman–Crippen MR) is 77.6 cm³/mol. The SMILES string of the molecule is CCC(C)(C)CNCc1cccc2c1CCNC2. The number of hydrogen-bond donors (Lipinski definition) is 2. The van der Waals surface area contributed by atoms with Gasteiger partial charge in [-0.3, -0.25) is 0 Å². The summed E-state index contributed by atoms with van der Waals surface area (Å²) in [6, 6.07) is 6.71. The lowest BCUT2D eigenvalue weighted by Gasteiger charge is -2.24. The van der Waals surface area contributed by atoms with Gasteiger partial charge >= 0.3 is 0 Å². The Hall–Kier alpha value is -0.860. The van der Waals surface area contributed by atoms with Crippen LogP contribution in [0.25, 0.3) is 0 Å². The largest absolute Gasteiger partial charge is 0.312 e. The van der Waals surface area contributed by atoms with Crippen molar-refractivity contribution >= 4 is 0 Å². The second kappa shape index (κ2) is 5.85. The summed E-state index contributed by atoms with van der Waals surface area (Å²) < 4.78 is 0. The van der Waals surface area contributed by atoms with Crippen LogP contribution in [0, 0.1) is 5.41 Å². The number of rotatable bonds is 5. The quantitative estimate of drug-likeness (QED) is 0.835. The summed E-state index contributed by atoms with van der Waals surface area (Å²) in [5.74, 6) is 0. The minimum atomic E-state index is 0.399. The third-order valence-electron chi connectivity index (χ3n) is 4.11. The third-order valence-corrected chi connectivity index (χ3v) is 4.11. The zero-order valence-corrected chi connectivity index (χ0v) is 12.0. The summed E-state index contributed by atoms with van der Waals surface area (Å²) >= 11 is 0. The monoisotopic (exact) mass is 246 g/mol. The van der Waals surface area contributed by atoms with Gasteiger partial charge in [0.2, 0.25) is 0 Å². The summed E-state index contributed by atoms with van der Waals surface area (Å²) in [5.41, 5.74) is 4.94. The van der Waals surface area contributed by atoms with E-state index >= 15 is 0 Å². The highest BCUT2D eigenvalue weighted by molar-refractivity contribution is 5.36. The molecule has 1 aromatic rings. The number of benzene rings is 1. The maximum atomic E-state index is 3.62. The number of fused-ring (bicyclic) bond motifs is 1. The molecular formula is C16H26N2. The fraction of sp³-hybridized carbons (Fsp3) is 0.625. The maximum Gasteiger partial charge on any atom is 0.0208 e. The van der Waals surface area contributed by atoms with Gasteiger partial charge in [-0.25, -0.2) is 0 Å². The maximum absolute atomic E-state index is 3.62. The molecule has 18 heavy (non-hydrogen) atoms. The van der Waals surface area contributed by atoms with Crippen molar-refractivity contribution in [2.75, 3.05) is 13.1 Å². The van der Waals surface area contributed by atoms with Gasteiger partial charge in [-0.2, -0.15) is 0 Å². The van der Waals surface area contributed by atoms with Crippen LogP contribution in [0.1, 0.15) is 43.9 Å². The number of hydrogen-bond acceptors (Lipinski definition) is 2. The van der Waals surface area contributed by atoms with Gasteiger partial charge < -0.3 is 10.6 Å². The van der Waals surface area contributed by atoms with Crippen molar-refractivity contribution < 1.29 is 0 Å². The molecule has 0 aliphatic carbocycles. The van der Waals surface area contributed by atoms with Crippen LogP contribution in [-0.2, 0) is 19.5 Å². The van der Waals surface area contributed by atoms with Crippen molar-refractivity contribution in [3.8, 4) is 0 Å². The van der Waals surface area contributed by atoms with E-state index in [1.165, 1.54) is 24.0 Å². The Morgan fingerprint density at radius 1 is 1.33 bits per heavy atom. The average molecular weight is 246 g/mol. The van der Waals surface area contributed by atoms with E-state index in [9.17, 15) is 0 Å². The van der Waals surface area contributed by atoms with Crippen LogP contribution in [0.4, 0.5) is 0 Å². The fourth-order valence-corrected chi connectivity index (χ4v) is 2.44. The summed E-state index contributed by atoms with van der Waals surface area (Å²) in [7, 11) is 0. The van der Waals surface area contributed by atoms with Crippen LogP contribution < -0.4 is 10.6 Å². The van der Waals surface area contributed by atoms with Crippen molar-refractivity contribution in [2.24, 2.45) is 5.41 Å². The molecule has 1 heterocycles. The molecule has 2 nitrogen and oxygen atoms in total. The molecule has 0 atom stereocenters. The van der Waals surface area contributed by atoms with Crippen molar-refractivity contribution in [2.45, 2.75) is 46.7 Å². The smallest absolute Gasteiger partial charge is 0.0208 e. The van der Waals surface area contributed by atoms with E-state index < -0.39 is 0 Å². The van der Waals surface area contributed by atoms with E-state index in [1.54, 1.807) is 5.56 Å². The molecule has 0 unspecified atom stereocenters. The molecule has 2 heteroatoms. The first-order valence-electron chi connectivity index (χ1n) is 7.13. The summed E-state index contributed by atoms with van der Waals surface area (Å²) in [5, 5.41) is 7.06. The van der Waals surface area contributed by atoms with Crippen molar-refractivity contribution in [3.63, 3.8) is 0 Å². The van der Waals surface area contributed by atoms with E-state index in [1.807, 2.05) is 0 Å². The van der Waals surface area contributed by atoms with E-state index in [4.69, 9.17) is 0 Å². The lowest BCUT2D eigenvalue weighted by atomic mass is 9.90. The predicted octanol–water partition coefficient (Wildman–Crippen LogP) is 2.86. The number of nitrogens with one attached hydrogen (secondary N) is 2. The zero-order chi connectivity index (χ0) is 13.0. The van der Waals surface area contributed by atoms with Gasteiger partial charge in [0.1, 0.15) is 0 Å². The van der Waals surface area contributed by atoms with Gasteiger partial charge in [0.05, 0.1) is 0 Å². The van der Waals surface area contributed by atoms with Crippen LogP contribution in [0.15, 0.2) is 18.2 Å². The topological polar surface area (TPSA) is 24.1 Å². The Morgan fingerprint density at radius 2 is 2.17 bits per heavy atom. The van der Waals surface area contributed by atoms with Crippen molar-refractivity contribution in [1.29, 1.82) is 0 Å². The minimum absolute atomic E-state index is 0.399. The third kappa shape index (κ3) is 3.33. The second-order valence-corrected chi connectivity index (χ2v) is 6.10. The molecular weight excluding hydrogens is 220 g/mol. The molecule has 0 radical (unpaired) electrons. The van der Waals surface area contributed by atoms with Gasteiger partial charge in [0.15, 0.2) is 0 Å². The summed E-state index contributed by atoms with van der Waals surface area (Å²) in [6.07, 6.45) is 2.39. The van der Waals surface area contributed by atoms with E-state index in [2.05, 4.69) is 49.6 Å². The highest BCUT2D eigenvalue weighted by atomic mass is 14.9. The van der Waals surface area contributed by atoms with Gasteiger partial charge in [0, 0.05) is 19.6 Å².